The van der Waals surface area contributed by atoms with E-state index in [1.54, 1.807) is 23.4 Å². The Morgan fingerprint density at radius 3 is 2.28 bits per heavy atom. The Hall–Kier alpha value is -3.33. The zero-order valence-electron chi connectivity index (χ0n) is 21.3. The third kappa shape index (κ3) is 6.26. The summed E-state index contributed by atoms with van der Waals surface area (Å²) in [6.45, 7) is 10.4. The fraction of sp³-hybridized carbons (Fsp3) is 0.444. The van der Waals surface area contributed by atoms with Crippen molar-refractivity contribution in [3.8, 4) is 10.6 Å². The highest BCUT2D eigenvalue weighted by molar-refractivity contribution is 7.13. The van der Waals surface area contributed by atoms with Crippen LogP contribution >= 0.6 is 11.3 Å². The molecule has 1 amide bonds. The van der Waals surface area contributed by atoms with Crippen molar-refractivity contribution in [2.75, 3.05) is 31.1 Å². The predicted octanol–water partition coefficient (Wildman–Crippen LogP) is 4.18. The molecule has 3 aromatic rings. The molecule has 1 saturated heterocycles. The first-order valence-electron chi connectivity index (χ1n) is 12.4. The number of hydrogen-bond acceptors (Lipinski definition) is 8. The molecular weight excluding hydrogens is 474 g/mol. The monoisotopic (exact) mass is 507 g/mol. The highest BCUT2D eigenvalue weighted by Crippen LogP contribution is 2.26. The summed E-state index contributed by atoms with van der Waals surface area (Å²) in [4.78, 5) is 43.0. The van der Waals surface area contributed by atoms with Crippen LogP contribution in [0.5, 0.6) is 0 Å². The molecule has 190 valence electrons. The van der Waals surface area contributed by atoms with Crippen LogP contribution in [0.1, 0.15) is 44.9 Å². The summed E-state index contributed by atoms with van der Waals surface area (Å²) >= 11 is 1.50. The fourth-order valence-corrected chi connectivity index (χ4v) is 4.92. The predicted molar refractivity (Wildman–Crippen MR) is 141 cm³/mol. The average molecular weight is 508 g/mol. The van der Waals surface area contributed by atoms with Crippen LogP contribution in [0.3, 0.4) is 0 Å². The first-order chi connectivity index (χ1) is 17.3. The number of ether oxygens (including phenoxy) is 1. The van der Waals surface area contributed by atoms with Gasteiger partial charge in [-0.3, -0.25) is 9.59 Å². The van der Waals surface area contributed by atoms with E-state index >= 15 is 0 Å². The highest BCUT2D eigenvalue weighted by Gasteiger charge is 2.33. The Morgan fingerprint density at radius 2 is 1.67 bits per heavy atom. The van der Waals surface area contributed by atoms with Gasteiger partial charge in [-0.15, -0.1) is 11.3 Å². The summed E-state index contributed by atoms with van der Waals surface area (Å²) in [6, 6.07) is 10.1. The molecule has 1 aliphatic rings. The van der Waals surface area contributed by atoms with E-state index in [2.05, 4.69) is 58.0 Å². The standard InChI is InChI=1S/C27H33N5O3S/c1-18(2)20-6-8-21(9-7-20)25-30-22(17-36-25)16-23(33)35-24(19(3)4)26(34)31-12-14-32(15-13-31)27-28-10-5-11-29-27/h5-11,17-19,24H,12-16H2,1-4H3. The van der Waals surface area contributed by atoms with Gasteiger partial charge in [0.05, 0.1) is 12.1 Å². The number of anilines is 1. The van der Waals surface area contributed by atoms with Crippen molar-refractivity contribution in [3.05, 3.63) is 59.4 Å². The SMILES string of the molecule is CC(C)c1ccc(-c2nc(CC(=O)OC(C(=O)N3CCN(c4ncccn4)CC3)C(C)C)cs2)cc1. The number of aromatic nitrogens is 3. The third-order valence-corrected chi connectivity index (χ3v) is 7.18. The molecule has 0 spiro atoms. The van der Waals surface area contributed by atoms with Gasteiger partial charge in [0.15, 0.2) is 6.10 Å². The van der Waals surface area contributed by atoms with Gasteiger partial charge in [-0.05, 0) is 23.5 Å². The van der Waals surface area contributed by atoms with Crippen molar-refractivity contribution in [1.29, 1.82) is 0 Å². The van der Waals surface area contributed by atoms with Crippen molar-refractivity contribution in [3.63, 3.8) is 0 Å². The van der Waals surface area contributed by atoms with Gasteiger partial charge < -0.3 is 14.5 Å². The number of benzene rings is 1. The number of amides is 1. The van der Waals surface area contributed by atoms with E-state index < -0.39 is 12.1 Å². The first kappa shape index (κ1) is 25.8. The molecule has 0 saturated carbocycles. The van der Waals surface area contributed by atoms with Crippen LogP contribution in [0.4, 0.5) is 5.95 Å². The molecule has 9 heteroatoms. The van der Waals surface area contributed by atoms with Gasteiger partial charge in [0.1, 0.15) is 5.01 Å². The maximum absolute atomic E-state index is 13.2. The average Bonchev–Trinajstić information content (AvgIpc) is 3.35. The Morgan fingerprint density at radius 1 is 1.00 bits per heavy atom. The highest BCUT2D eigenvalue weighted by atomic mass is 32.1. The van der Waals surface area contributed by atoms with Crippen LogP contribution in [0.2, 0.25) is 0 Å². The Balaban J connectivity index is 1.33. The molecular formula is C27H33N5O3S. The largest absolute Gasteiger partial charge is 0.452 e. The normalized spacial score (nSPS) is 14.8. The number of hydrogen-bond donors (Lipinski definition) is 0. The minimum Gasteiger partial charge on any atom is -0.452 e. The van der Waals surface area contributed by atoms with Crippen molar-refractivity contribution >= 4 is 29.2 Å². The molecule has 2 aromatic heterocycles. The van der Waals surface area contributed by atoms with E-state index in [-0.39, 0.29) is 18.2 Å². The smallest absolute Gasteiger partial charge is 0.312 e. The summed E-state index contributed by atoms with van der Waals surface area (Å²) in [5.41, 5.74) is 2.96. The van der Waals surface area contributed by atoms with Crippen molar-refractivity contribution in [2.24, 2.45) is 5.92 Å². The number of esters is 1. The van der Waals surface area contributed by atoms with E-state index in [4.69, 9.17) is 4.74 Å². The molecule has 1 unspecified atom stereocenters. The molecule has 4 rings (SSSR count). The molecule has 0 N–H and O–H groups in total. The molecule has 0 bridgehead atoms. The molecule has 1 atom stereocenters. The molecule has 0 aliphatic carbocycles. The molecule has 3 heterocycles. The Kier molecular flexibility index (Phi) is 8.30. The summed E-state index contributed by atoms with van der Waals surface area (Å²) in [6.07, 6.45) is 2.64. The van der Waals surface area contributed by atoms with Crippen molar-refractivity contribution < 1.29 is 14.3 Å². The number of piperazine rings is 1. The quantitative estimate of drug-likeness (QED) is 0.423. The lowest BCUT2D eigenvalue weighted by atomic mass is 10.0. The van der Waals surface area contributed by atoms with E-state index in [1.807, 2.05) is 19.2 Å². The molecule has 0 radical (unpaired) electrons. The zero-order chi connectivity index (χ0) is 25.7. The molecule has 1 fully saturated rings. The van der Waals surface area contributed by atoms with E-state index in [1.165, 1.54) is 16.9 Å². The van der Waals surface area contributed by atoms with E-state index in [0.29, 0.717) is 43.7 Å². The van der Waals surface area contributed by atoms with Gasteiger partial charge in [-0.2, -0.15) is 0 Å². The third-order valence-electron chi connectivity index (χ3n) is 6.24. The lowest BCUT2D eigenvalue weighted by Crippen LogP contribution is -2.53. The molecule has 36 heavy (non-hydrogen) atoms. The number of carbonyl (C=O) groups is 2. The van der Waals surface area contributed by atoms with E-state index in [9.17, 15) is 9.59 Å². The van der Waals surface area contributed by atoms with Crippen LogP contribution in [-0.4, -0.2) is 64.0 Å². The number of thiazole rings is 1. The number of rotatable bonds is 8. The second-order valence-electron chi connectivity index (χ2n) is 9.61. The second kappa shape index (κ2) is 11.6. The number of nitrogens with zero attached hydrogens (tertiary/aromatic N) is 5. The van der Waals surface area contributed by atoms with Gasteiger partial charge in [0, 0.05) is 49.5 Å². The Bertz CT molecular complexity index is 1160. The maximum atomic E-state index is 13.2. The van der Waals surface area contributed by atoms with Crippen LogP contribution in [-0.2, 0) is 20.7 Å². The lowest BCUT2D eigenvalue weighted by Gasteiger charge is -2.36. The fourth-order valence-electron chi connectivity index (χ4n) is 4.10. The van der Waals surface area contributed by atoms with Crippen LogP contribution < -0.4 is 4.90 Å². The molecule has 8 nitrogen and oxygen atoms in total. The van der Waals surface area contributed by atoms with Crippen LogP contribution in [0.15, 0.2) is 48.1 Å². The zero-order valence-corrected chi connectivity index (χ0v) is 22.1. The summed E-state index contributed by atoms with van der Waals surface area (Å²) in [5, 5.41) is 2.74. The van der Waals surface area contributed by atoms with Crippen molar-refractivity contribution in [1.82, 2.24) is 19.9 Å². The van der Waals surface area contributed by atoms with Gasteiger partial charge in [-0.1, -0.05) is 52.0 Å². The summed E-state index contributed by atoms with van der Waals surface area (Å²) in [7, 11) is 0. The molecule has 1 aliphatic heterocycles. The van der Waals surface area contributed by atoms with Crippen LogP contribution in [0.25, 0.3) is 10.6 Å². The second-order valence-corrected chi connectivity index (χ2v) is 10.5. The van der Waals surface area contributed by atoms with Gasteiger partial charge >= 0.3 is 5.97 Å². The van der Waals surface area contributed by atoms with E-state index in [0.717, 1.165) is 10.6 Å². The summed E-state index contributed by atoms with van der Waals surface area (Å²) < 4.78 is 5.70. The van der Waals surface area contributed by atoms with Gasteiger partial charge in [0.2, 0.25) is 5.95 Å². The van der Waals surface area contributed by atoms with Gasteiger partial charge in [-0.25, -0.2) is 15.0 Å². The summed E-state index contributed by atoms with van der Waals surface area (Å²) in [5.74, 6) is 0.401. The lowest BCUT2D eigenvalue weighted by molar-refractivity contribution is -0.163. The minimum absolute atomic E-state index is 0.0379. The maximum Gasteiger partial charge on any atom is 0.312 e. The topological polar surface area (TPSA) is 88.5 Å². The molecule has 1 aromatic carbocycles. The van der Waals surface area contributed by atoms with Crippen molar-refractivity contribution in [2.45, 2.75) is 46.1 Å². The van der Waals surface area contributed by atoms with Gasteiger partial charge in [0.25, 0.3) is 5.91 Å². The minimum atomic E-state index is -0.821. The Labute approximate surface area is 216 Å². The first-order valence-corrected chi connectivity index (χ1v) is 13.2. The number of carbonyl (C=O) groups excluding carboxylic acids is 2. The van der Waals surface area contributed by atoms with Crippen LogP contribution in [0, 0.1) is 5.92 Å².